The Morgan fingerprint density at radius 2 is 1.31 bits per heavy atom. The average molecular weight is 389 g/mol. The molecule has 0 aromatic heterocycles. The Labute approximate surface area is 170 Å². The van der Waals surface area contributed by atoms with Gasteiger partial charge in [-0.25, -0.2) is 4.79 Å². The maximum absolute atomic E-state index is 12.7. The monoisotopic (exact) mass is 389 g/mol. The molecule has 0 aliphatic carbocycles. The number of nitrogens with one attached hydrogen (secondary N) is 1. The lowest BCUT2D eigenvalue weighted by molar-refractivity contribution is -0.133. The average Bonchev–Trinajstić information content (AvgIpc) is 2.78. The molecule has 0 heterocycles. The van der Waals surface area contributed by atoms with E-state index < -0.39 is 18.0 Å². The molecule has 148 valence electrons. The zero-order chi connectivity index (χ0) is 20.3. The Balaban J connectivity index is 1.61. The van der Waals surface area contributed by atoms with Gasteiger partial charge in [-0.3, -0.25) is 4.79 Å². The zero-order valence-corrected chi connectivity index (χ0v) is 16.0. The van der Waals surface area contributed by atoms with Gasteiger partial charge in [-0.05, 0) is 23.3 Å². The quantitative estimate of drug-likeness (QED) is 0.566. The lowest BCUT2D eigenvalue weighted by Gasteiger charge is -2.18. The number of carbonyl (C=O) groups is 2. The normalized spacial score (nSPS) is 11.4. The fourth-order valence-electron chi connectivity index (χ4n) is 2.69. The molecule has 0 spiro atoms. The summed E-state index contributed by atoms with van der Waals surface area (Å²) in [5.74, 6) is -0.958. The SMILES string of the molecule is O=C(OC(COCc1ccccc1)C(=O)NCc1ccccc1)c1ccccc1. The summed E-state index contributed by atoms with van der Waals surface area (Å²) in [6.45, 7) is 0.637. The fourth-order valence-corrected chi connectivity index (χ4v) is 2.69. The molecule has 0 fully saturated rings. The van der Waals surface area contributed by atoms with E-state index in [1.54, 1.807) is 24.3 Å². The molecule has 5 nitrogen and oxygen atoms in total. The van der Waals surface area contributed by atoms with Gasteiger partial charge >= 0.3 is 5.97 Å². The minimum Gasteiger partial charge on any atom is -0.446 e. The predicted octanol–water partition coefficient (Wildman–Crippen LogP) is 3.75. The van der Waals surface area contributed by atoms with Crippen LogP contribution in [-0.2, 0) is 27.4 Å². The molecule has 5 heteroatoms. The lowest BCUT2D eigenvalue weighted by atomic mass is 10.2. The van der Waals surface area contributed by atoms with Crippen LogP contribution in [0.4, 0.5) is 0 Å². The third-order valence-electron chi connectivity index (χ3n) is 4.24. The molecule has 0 aliphatic rings. The highest BCUT2D eigenvalue weighted by Crippen LogP contribution is 2.08. The topological polar surface area (TPSA) is 64.6 Å². The summed E-state index contributed by atoms with van der Waals surface area (Å²) < 4.78 is 11.1. The van der Waals surface area contributed by atoms with Gasteiger partial charge in [-0.2, -0.15) is 0 Å². The van der Waals surface area contributed by atoms with Gasteiger partial charge in [-0.15, -0.1) is 0 Å². The van der Waals surface area contributed by atoms with Crippen LogP contribution in [0.3, 0.4) is 0 Å². The molecular formula is C24H23NO4. The smallest absolute Gasteiger partial charge is 0.338 e. The molecule has 3 aromatic rings. The van der Waals surface area contributed by atoms with Gasteiger partial charge in [0, 0.05) is 6.54 Å². The van der Waals surface area contributed by atoms with E-state index >= 15 is 0 Å². The van der Waals surface area contributed by atoms with Gasteiger partial charge in [0.25, 0.3) is 5.91 Å². The summed E-state index contributed by atoms with van der Waals surface area (Å²) in [5.41, 5.74) is 2.32. The number of benzene rings is 3. The van der Waals surface area contributed by atoms with Crippen molar-refractivity contribution < 1.29 is 19.1 Å². The van der Waals surface area contributed by atoms with E-state index in [-0.39, 0.29) is 6.61 Å². The molecule has 1 atom stereocenters. The second-order valence-corrected chi connectivity index (χ2v) is 6.46. The summed E-state index contributed by atoms with van der Waals surface area (Å²) in [5, 5.41) is 2.81. The number of rotatable bonds is 9. The van der Waals surface area contributed by atoms with Crippen LogP contribution < -0.4 is 5.32 Å². The van der Waals surface area contributed by atoms with Crippen molar-refractivity contribution in [1.82, 2.24) is 5.32 Å². The van der Waals surface area contributed by atoms with E-state index in [0.717, 1.165) is 11.1 Å². The fraction of sp³-hybridized carbons (Fsp3) is 0.167. The van der Waals surface area contributed by atoms with Crippen molar-refractivity contribution >= 4 is 11.9 Å². The van der Waals surface area contributed by atoms with Crippen molar-refractivity contribution in [3.05, 3.63) is 108 Å². The number of amides is 1. The number of ether oxygens (including phenoxy) is 2. The number of hydrogen-bond acceptors (Lipinski definition) is 4. The van der Waals surface area contributed by atoms with E-state index in [9.17, 15) is 9.59 Å². The molecular weight excluding hydrogens is 366 g/mol. The van der Waals surface area contributed by atoms with Gasteiger partial charge in [0.15, 0.2) is 0 Å². The van der Waals surface area contributed by atoms with Crippen molar-refractivity contribution in [2.45, 2.75) is 19.3 Å². The number of hydrogen-bond donors (Lipinski definition) is 1. The van der Waals surface area contributed by atoms with E-state index in [0.29, 0.717) is 18.7 Å². The molecule has 29 heavy (non-hydrogen) atoms. The Morgan fingerprint density at radius 3 is 1.93 bits per heavy atom. The second-order valence-electron chi connectivity index (χ2n) is 6.46. The molecule has 1 N–H and O–H groups in total. The van der Waals surface area contributed by atoms with Crippen molar-refractivity contribution in [2.75, 3.05) is 6.61 Å². The van der Waals surface area contributed by atoms with Crippen molar-refractivity contribution in [3.63, 3.8) is 0 Å². The maximum Gasteiger partial charge on any atom is 0.338 e. The van der Waals surface area contributed by atoms with Crippen LogP contribution in [0.15, 0.2) is 91.0 Å². The largest absolute Gasteiger partial charge is 0.446 e. The first-order chi connectivity index (χ1) is 14.2. The molecule has 3 rings (SSSR count). The van der Waals surface area contributed by atoms with Crippen LogP contribution >= 0.6 is 0 Å². The highest BCUT2D eigenvalue weighted by molar-refractivity contribution is 5.92. The standard InChI is InChI=1S/C24H23NO4/c26-23(25-16-19-10-4-1-5-11-19)22(18-28-17-20-12-6-2-7-13-20)29-24(27)21-14-8-3-9-15-21/h1-15,22H,16-18H2,(H,25,26). The summed E-state index contributed by atoms with van der Waals surface area (Å²) >= 11 is 0. The van der Waals surface area contributed by atoms with Crippen molar-refractivity contribution in [2.24, 2.45) is 0 Å². The van der Waals surface area contributed by atoms with E-state index in [2.05, 4.69) is 5.32 Å². The summed E-state index contributed by atoms with van der Waals surface area (Å²) in [6.07, 6.45) is -1.05. The van der Waals surface area contributed by atoms with Crippen LogP contribution in [-0.4, -0.2) is 24.6 Å². The van der Waals surface area contributed by atoms with Crippen LogP contribution in [0.1, 0.15) is 21.5 Å². The molecule has 3 aromatic carbocycles. The highest BCUT2D eigenvalue weighted by atomic mass is 16.6. The Morgan fingerprint density at radius 1 is 0.759 bits per heavy atom. The van der Waals surface area contributed by atoms with E-state index in [4.69, 9.17) is 9.47 Å². The molecule has 0 aliphatic heterocycles. The lowest BCUT2D eigenvalue weighted by Crippen LogP contribution is -2.40. The third kappa shape index (κ3) is 6.59. The van der Waals surface area contributed by atoms with Gasteiger partial charge in [0.2, 0.25) is 6.10 Å². The van der Waals surface area contributed by atoms with E-state index in [1.165, 1.54) is 0 Å². The zero-order valence-electron chi connectivity index (χ0n) is 16.0. The minimum absolute atomic E-state index is 0.0336. The Hall–Kier alpha value is -3.44. The molecule has 0 bridgehead atoms. The maximum atomic E-state index is 12.7. The highest BCUT2D eigenvalue weighted by Gasteiger charge is 2.24. The van der Waals surface area contributed by atoms with Gasteiger partial charge < -0.3 is 14.8 Å². The molecule has 1 amide bonds. The van der Waals surface area contributed by atoms with Crippen LogP contribution in [0.2, 0.25) is 0 Å². The van der Waals surface area contributed by atoms with Crippen molar-refractivity contribution in [3.8, 4) is 0 Å². The Bertz CT molecular complexity index is 898. The first kappa shape index (κ1) is 20.3. The molecule has 0 saturated heterocycles. The number of carbonyl (C=O) groups excluding carboxylic acids is 2. The van der Waals surface area contributed by atoms with Gasteiger partial charge in [-0.1, -0.05) is 78.9 Å². The summed E-state index contributed by atoms with van der Waals surface area (Å²) in [7, 11) is 0. The van der Waals surface area contributed by atoms with Crippen molar-refractivity contribution in [1.29, 1.82) is 0 Å². The van der Waals surface area contributed by atoms with Crippen LogP contribution in [0, 0.1) is 0 Å². The molecule has 1 unspecified atom stereocenters. The second kappa shape index (κ2) is 10.8. The summed E-state index contributed by atoms with van der Waals surface area (Å²) in [4.78, 5) is 25.1. The predicted molar refractivity (Wildman–Crippen MR) is 110 cm³/mol. The third-order valence-corrected chi connectivity index (χ3v) is 4.24. The Kier molecular flexibility index (Phi) is 7.55. The van der Waals surface area contributed by atoms with E-state index in [1.807, 2.05) is 66.7 Å². The first-order valence-corrected chi connectivity index (χ1v) is 9.42. The van der Waals surface area contributed by atoms with Crippen LogP contribution in [0.25, 0.3) is 0 Å². The number of esters is 1. The van der Waals surface area contributed by atoms with Gasteiger partial charge in [0.1, 0.15) is 0 Å². The minimum atomic E-state index is -1.05. The molecule has 0 saturated carbocycles. The van der Waals surface area contributed by atoms with Gasteiger partial charge in [0.05, 0.1) is 18.8 Å². The molecule has 0 radical (unpaired) electrons. The summed E-state index contributed by atoms with van der Waals surface area (Å²) in [6, 6.07) is 27.7. The first-order valence-electron chi connectivity index (χ1n) is 9.42. The van der Waals surface area contributed by atoms with Crippen LogP contribution in [0.5, 0.6) is 0 Å².